The molecule has 0 spiro atoms. The summed E-state index contributed by atoms with van der Waals surface area (Å²) in [5.74, 6) is 0.0237. The molecule has 0 radical (unpaired) electrons. The number of aliphatic carboxylic acids is 1. The van der Waals surface area contributed by atoms with E-state index in [2.05, 4.69) is 15.9 Å². The Morgan fingerprint density at radius 1 is 1.37 bits per heavy atom. The molecule has 1 unspecified atom stereocenters. The van der Waals surface area contributed by atoms with E-state index < -0.39 is 12.0 Å². The van der Waals surface area contributed by atoms with Crippen LogP contribution in [0.3, 0.4) is 0 Å². The van der Waals surface area contributed by atoms with Crippen molar-refractivity contribution in [2.45, 2.75) is 26.3 Å². The van der Waals surface area contributed by atoms with Crippen LogP contribution in [0.15, 0.2) is 28.7 Å². The number of carbonyl (C=O) groups is 1. The summed E-state index contributed by atoms with van der Waals surface area (Å²) in [6, 6.07) is 7.17. The molecule has 1 rings (SSSR count). The number of benzene rings is 1. The van der Waals surface area contributed by atoms with Gasteiger partial charge in [0.25, 0.3) is 0 Å². The third kappa shape index (κ3) is 5.20. The van der Waals surface area contributed by atoms with Crippen molar-refractivity contribution in [1.29, 1.82) is 0 Å². The molecule has 1 aromatic carbocycles. The van der Waals surface area contributed by atoms with Gasteiger partial charge in [-0.2, -0.15) is 0 Å². The normalized spacial score (nSPS) is 12.4. The maximum Gasteiger partial charge on any atom is 0.320 e. The summed E-state index contributed by atoms with van der Waals surface area (Å²) in [6.45, 7) is 5.65. The van der Waals surface area contributed by atoms with E-state index in [1.807, 2.05) is 43.0 Å². The Labute approximate surface area is 122 Å². The predicted octanol–water partition coefficient (Wildman–Crippen LogP) is 3.01. The lowest BCUT2D eigenvalue weighted by molar-refractivity contribution is -0.143. The maximum absolute atomic E-state index is 11.1. The summed E-state index contributed by atoms with van der Waals surface area (Å²) in [4.78, 5) is 13.0. The number of hydrogen-bond donors (Lipinski definition) is 1. The molecule has 0 aliphatic carbocycles. The van der Waals surface area contributed by atoms with Crippen molar-refractivity contribution in [3.8, 4) is 5.75 Å². The number of nitrogens with zero attached hydrogens (tertiary/aromatic N) is 1. The smallest absolute Gasteiger partial charge is 0.320 e. The first kappa shape index (κ1) is 16.0. The Balaban J connectivity index is 2.45. The van der Waals surface area contributed by atoms with E-state index >= 15 is 0 Å². The van der Waals surface area contributed by atoms with Crippen LogP contribution in [0, 0.1) is 0 Å². The molecule has 19 heavy (non-hydrogen) atoms. The standard InChI is InChI=1S/C14H20BrNO3/c1-3-13(14(17)18)16(4-2)9-10-19-12-7-5-11(15)6-8-12/h5-8,13H,3-4,9-10H2,1-2H3,(H,17,18). The monoisotopic (exact) mass is 329 g/mol. The lowest BCUT2D eigenvalue weighted by Gasteiger charge is -2.26. The zero-order valence-electron chi connectivity index (χ0n) is 11.3. The van der Waals surface area contributed by atoms with Crippen molar-refractivity contribution in [1.82, 2.24) is 4.90 Å². The van der Waals surface area contributed by atoms with Crippen molar-refractivity contribution in [2.24, 2.45) is 0 Å². The molecule has 0 aliphatic heterocycles. The summed E-state index contributed by atoms with van der Waals surface area (Å²) in [5.41, 5.74) is 0. The van der Waals surface area contributed by atoms with Crippen LogP contribution in [0.1, 0.15) is 20.3 Å². The van der Waals surface area contributed by atoms with Gasteiger partial charge in [-0.25, -0.2) is 0 Å². The largest absolute Gasteiger partial charge is 0.492 e. The molecule has 0 bridgehead atoms. The highest BCUT2D eigenvalue weighted by Gasteiger charge is 2.21. The number of hydrogen-bond acceptors (Lipinski definition) is 3. The first-order valence-corrected chi connectivity index (χ1v) is 7.23. The summed E-state index contributed by atoms with van der Waals surface area (Å²) in [5, 5.41) is 9.13. The van der Waals surface area contributed by atoms with Gasteiger partial charge in [0.15, 0.2) is 0 Å². The third-order valence-electron chi connectivity index (χ3n) is 2.98. The minimum Gasteiger partial charge on any atom is -0.492 e. The van der Waals surface area contributed by atoms with Crippen molar-refractivity contribution < 1.29 is 14.6 Å². The van der Waals surface area contributed by atoms with Gasteiger partial charge in [0.05, 0.1) is 0 Å². The topological polar surface area (TPSA) is 49.8 Å². The first-order chi connectivity index (χ1) is 9.08. The van der Waals surface area contributed by atoms with Crippen LogP contribution in [0.5, 0.6) is 5.75 Å². The Morgan fingerprint density at radius 2 is 2.00 bits per heavy atom. The molecule has 4 nitrogen and oxygen atoms in total. The second-order valence-corrected chi connectivity index (χ2v) is 5.11. The molecule has 5 heteroatoms. The SMILES string of the molecule is CCC(C(=O)O)N(CC)CCOc1ccc(Br)cc1. The second-order valence-electron chi connectivity index (χ2n) is 4.19. The average Bonchev–Trinajstić information content (AvgIpc) is 2.39. The highest BCUT2D eigenvalue weighted by molar-refractivity contribution is 9.10. The van der Waals surface area contributed by atoms with Crippen LogP contribution < -0.4 is 4.74 Å². The fourth-order valence-electron chi connectivity index (χ4n) is 1.93. The molecule has 1 N–H and O–H groups in total. The molecule has 0 heterocycles. The first-order valence-electron chi connectivity index (χ1n) is 6.43. The molecule has 1 atom stereocenters. The molecular formula is C14H20BrNO3. The average molecular weight is 330 g/mol. The van der Waals surface area contributed by atoms with Gasteiger partial charge in [0, 0.05) is 11.0 Å². The molecule has 106 valence electrons. The van der Waals surface area contributed by atoms with Gasteiger partial charge >= 0.3 is 5.97 Å². The van der Waals surface area contributed by atoms with Gasteiger partial charge in [-0.05, 0) is 37.2 Å². The summed E-state index contributed by atoms with van der Waals surface area (Å²) in [7, 11) is 0. The van der Waals surface area contributed by atoms with E-state index in [1.54, 1.807) is 0 Å². The quantitative estimate of drug-likeness (QED) is 0.796. The Kier molecular flexibility index (Phi) is 6.87. The van der Waals surface area contributed by atoms with Crippen LogP contribution in [0.2, 0.25) is 0 Å². The van der Waals surface area contributed by atoms with Crippen LogP contribution >= 0.6 is 15.9 Å². The molecular weight excluding hydrogens is 310 g/mol. The van der Waals surface area contributed by atoms with Crippen LogP contribution in [0.25, 0.3) is 0 Å². The van der Waals surface area contributed by atoms with E-state index in [-0.39, 0.29) is 0 Å². The van der Waals surface area contributed by atoms with Gasteiger partial charge in [0.2, 0.25) is 0 Å². The molecule has 0 amide bonds. The van der Waals surface area contributed by atoms with Crippen molar-refractivity contribution >= 4 is 21.9 Å². The van der Waals surface area contributed by atoms with Crippen molar-refractivity contribution in [2.75, 3.05) is 19.7 Å². The Morgan fingerprint density at radius 3 is 2.47 bits per heavy atom. The molecule has 0 saturated carbocycles. The summed E-state index contributed by atoms with van der Waals surface area (Å²) >= 11 is 3.36. The second kappa shape index (κ2) is 8.17. The molecule has 0 saturated heterocycles. The van der Waals surface area contributed by atoms with Crippen LogP contribution in [-0.4, -0.2) is 41.7 Å². The zero-order chi connectivity index (χ0) is 14.3. The lowest BCUT2D eigenvalue weighted by atomic mass is 10.2. The van der Waals surface area contributed by atoms with Crippen LogP contribution in [-0.2, 0) is 4.79 Å². The fraction of sp³-hybridized carbons (Fsp3) is 0.500. The van der Waals surface area contributed by atoms with E-state index in [9.17, 15) is 4.79 Å². The van der Waals surface area contributed by atoms with Crippen LogP contribution in [0.4, 0.5) is 0 Å². The zero-order valence-corrected chi connectivity index (χ0v) is 12.9. The number of rotatable bonds is 8. The van der Waals surface area contributed by atoms with Crippen molar-refractivity contribution in [3.05, 3.63) is 28.7 Å². The number of carboxylic acids is 1. The summed E-state index contributed by atoms with van der Waals surface area (Å²) < 4.78 is 6.62. The van der Waals surface area contributed by atoms with Crippen molar-refractivity contribution in [3.63, 3.8) is 0 Å². The molecule has 0 aliphatic rings. The molecule has 1 aromatic rings. The highest BCUT2D eigenvalue weighted by Crippen LogP contribution is 2.16. The van der Waals surface area contributed by atoms with E-state index in [1.165, 1.54) is 0 Å². The minimum absolute atomic E-state index is 0.432. The predicted molar refractivity (Wildman–Crippen MR) is 78.6 cm³/mol. The third-order valence-corrected chi connectivity index (χ3v) is 3.51. The highest BCUT2D eigenvalue weighted by atomic mass is 79.9. The Hall–Kier alpha value is -1.07. The van der Waals surface area contributed by atoms with Gasteiger partial charge in [-0.1, -0.05) is 29.8 Å². The lowest BCUT2D eigenvalue weighted by Crippen LogP contribution is -2.42. The molecule has 0 fully saturated rings. The van der Waals surface area contributed by atoms with Gasteiger partial charge in [-0.15, -0.1) is 0 Å². The van der Waals surface area contributed by atoms with E-state index in [0.29, 0.717) is 26.1 Å². The van der Waals surface area contributed by atoms with E-state index in [0.717, 1.165) is 10.2 Å². The minimum atomic E-state index is -0.770. The Bertz CT molecular complexity index is 394. The van der Waals surface area contributed by atoms with Gasteiger partial charge in [0.1, 0.15) is 18.4 Å². The van der Waals surface area contributed by atoms with Gasteiger partial charge < -0.3 is 9.84 Å². The maximum atomic E-state index is 11.1. The summed E-state index contributed by atoms with van der Waals surface area (Å²) in [6.07, 6.45) is 0.599. The molecule has 0 aromatic heterocycles. The fourth-order valence-corrected chi connectivity index (χ4v) is 2.20. The number of likely N-dealkylation sites (N-methyl/N-ethyl adjacent to an activating group) is 1. The number of ether oxygens (including phenoxy) is 1. The number of carboxylic acid groups (broad SMARTS) is 1. The van der Waals surface area contributed by atoms with E-state index in [4.69, 9.17) is 9.84 Å². The van der Waals surface area contributed by atoms with Gasteiger partial charge in [-0.3, -0.25) is 9.69 Å². The number of halogens is 1.